The van der Waals surface area contributed by atoms with E-state index in [2.05, 4.69) is 0 Å². The summed E-state index contributed by atoms with van der Waals surface area (Å²) >= 11 is 0. The van der Waals surface area contributed by atoms with E-state index in [0.717, 1.165) is 33.8 Å². The summed E-state index contributed by atoms with van der Waals surface area (Å²) in [6.07, 6.45) is 2.39. The van der Waals surface area contributed by atoms with Gasteiger partial charge in [0.05, 0.1) is 37.4 Å². The number of benzene rings is 4. The zero-order chi connectivity index (χ0) is 32.8. The van der Waals surface area contributed by atoms with Gasteiger partial charge in [-0.3, -0.25) is 0 Å². The van der Waals surface area contributed by atoms with Crippen LogP contribution in [0.1, 0.15) is 81.8 Å². The second kappa shape index (κ2) is 16.1. The van der Waals surface area contributed by atoms with Crippen molar-refractivity contribution < 1.29 is 55.2 Å². The molecule has 0 fully saturated rings. The number of carboxylic acid groups (broad SMARTS) is 2. The Morgan fingerprint density at radius 2 is 1.00 bits per heavy atom. The summed E-state index contributed by atoms with van der Waals surface area (Å²) in [5.41, 5.74) is 5.28. The molecular weight excluding hydrogens is 643 g/mol. The van der Waals surface area contributed by atoms with Crippen LogP contribution in [0.25, 0.3) is 0 Å². The van der Waals surface area contributed by atoms with Gasteiger partial charge in [0.2, 0.25) is 0 Å². The molecule has 0 N–H and O–H groups in total. The van der Waals surface area contributed by atoms with Crippen molar-refractivity contribution >= 4 is 11.9 Å². The fraction of sp³-hybridized carbons (Fsp3) is 0.316. The number of carboxylic acids is 2. The summed E-state index contributed by atoms with van der Waals surface area (Å²) in [4.78, 5) is 23.4. The molecule has 6 rings (SSSR count). The zero-order valence-electron chi connectivity index (χ0n) is 26.9. The SMILES string of the molecule is CC(C)OCCc1ccc2c(c1C(=O)[O-])Cc1ccccc1O2.CC(C)OCCc1ccc2c(c1C(=O)[O-])Cc1ccccc1O2.[Ni+2]. The molecule has 47 heavy (non-hydrogen) atoms. The molecule has 2 aliphatic heterocycles. The molecule has 0 amide bonds. The largest absolute Gasteiger partial charge is 2.00 e. The van der Waals surface area contributed by atoms with Crippen molar-refractivity contribution in [1.29, 1.82) is 0 Å². The van der Waals surface area contributed by atoms with Crippen molar-refractivity contribution in [2.45, 2.75) is 65.6 Å². The smallest absolute Gasteiger partial charge is 0.545 e. The van der Waals surface area contributed by atoms with Gasteiger partial charge in [0.15, 0.2) is 0 Å². The molecular formula is C38H38NiO8. The molecule has 0 unspecified atom stereocenters. The second-order valence-electron chi connectivity index (χ2n) is 11.8. The van der Waals surface area contributed by atoms with Gasteiger partial charge < -0.3 is 38.7 Å². The number of rotatable bonds is 10. The number of hydrogen-bond donors (Lipinski definition) is 0. The molecule has 0 aromatic heterocycles. The average molecular weight is 681 g/mol. The summed E-state index contributed by atoms with van der Waals surface area (Å²) in [6.45, 7) is 8.78. The summed E-state index contributed by atoms with van der Waals surface area (Å²) in [5, 5.41) is 23.4. The van der Waals surface area contributed by atoms with Gasteiger partial charge in [-0.25, -0.2) is 0 Å². The van der Waals surface area contributed by atoms with Crippen LogP contribution in [0.3, 0.4) is 0 Å². The van der Waals surface area contributed by atoms with E-state index in [1.54, 1.807) is 12.1 Å². The Kier molecular flexibility index (Phi) is 12.2. The topological polar surface area (TPSA) is 117 Å². The van der Waals surface area contributed by atoms with Crippen LogP contribution < -0.4 is 19.7 Å². The monoisotopic (exact) mass is 680 g/mol. The van der Waals surface area contributed by atoms with Gasteiger partial charge in [-0.15, -0.1) is 0 Å². The van der Waals surface area contributed by atoms with E-state index in [-0.39, 0.29) is 39.8 Å². The Balaban J connectivity index is 0.000000208. The number of carbonyl (C=O) groups is 2. The minimum Gasteiger partial charge on any atom is -0.545 e. The van der Waals surface area contributed by atoms with Crippen LogP contribution in [-0.2, 0) is 51.6 Å². The van der Waals surface area contributed by atoms with Crippen molar-refractivity contribution in [3.05, 3.63) is 117 Å². The Morgan fingerprint density at radius 3 is 1.36 bits per heavy atom. The molecule has 0 bridgehead atoms. The van der Waals surface area contributed by atoms with Gasteiger partial charge in [-0.2, -0.15) is 0 Å². The number of fused-ring (bicyclic) bond motifs is 4. The van der Waals surface area contributed by atoms with Crippen molar-refractivity contribution in [3.63, 3.8) is 0 Å². The van der Waals surface area contributed by atoms with E-state index in [0.29, 0.717) is 61.5 Å². The molecule has 2 aliphatic rings. The van der Waals surface area contributed by atoms with E-state index in [1.807, 2.05) is 88.4 Å². The second-order valence-corrected chi connectivity index (χ2v) is 11.8. The number of para-hydroxylation sites is 2. The van der Waals surface area contributed by atoms with Crippen LogP contribution in [0.15, 0.2) is 72.8 Å². The zero-order valence-corrected chi connectivity index (χ0v) is 27.9. The van der Waals surface area contributed by atoms with Crippen molar-refractivity contribution in [1.82, 2.24) is 0 Å². The summed E-state index contributed by atoms with van der Waals surface area (Å²) < 4.78 is 22.8. The van der Waals surface area contributed by atoms with Crippen LogP contribution in [0.2, 0.25) is 0 Å². The molecule has 0 saturated carbocycles. The van der Waals surface area contributed by atoms with Crippen LogP contribution >= 0.6 is 0 Å². The Hall–Kier alpha value is -4.17. The van der Waals surface area contributed by atoms with Crippen molar-refractivity contribution in [2.24, 2.45) is 0 Å². The Morgan fingerprint density at radius 1 is 0.617 bits per heavy atom. The van der Waals surface area contributed by atoms with Crippen molar-refractivity contribution in [3.8, 4) is 23.0 Å². The number of aromatic carboxylic acids is 2. The Bertz CT molecular complexity index is 1600. The Labute approximate surface area is 285 Å². The van der Waals surface area contributed by atoms with E-state index in [4.69, 9.17) is 18.9 Å². The predicted octanol–water partition coefficient (Wildman–Crippen LogP) is 5.43. The third-order valence-corrected chi connectivity index (χ3v) is 7.89. The van der Waals surface area contributed by atoms with Gasteiger partial charge in [-0.05, 0) is 87.1 Å². The normalized spacial score (nSPS) is 12.2. The first-order valence-corrected chi connectivity index (χ1v) is 15.6. The minimum absolute atomic E-state index is 0. The summed E-state index contributed by atoms with van der Waals surface area (Å²) in [7, 11) is 0. The number of ether oxygens (including phenoxy) is 4. The standard InChI is InChI=1S/2C19H20O4.Ni/c2*1-12(2)22-10-9-13-7-8-17-15(18(13)19(20)21)11-14-5-3-4-6-16(14)23-17;/h2*3-8,12H,9-11H2,1-2H3,(H,20,21);/q;;+2/p-2. The van der Waals surface area contributed by atoms with Crippen molar-refractivity contribution in [2.75, 3.05) is 13.2 Å². The molecule has 9 heteroatoms. The van der Waals surface area contributed by atoms with E-state index < -0.39 is 11.9 Å². The van der Waals surface area contributed by atoms with E-state index in [9.17, 15) is 19.8 Å². The summed E-state index contributed by atoms with van der Waals surface area (Å²) in [5.74, 6) is 0.419. The molecule has 2 heterocycles. The van der Waals surface area contributed by atoms with E-state index >= 15 is 0 Å². The average Bonchev–Trinajstić information content (AvgIpc) is 3.02. The number of hydrogen-bond acceptors (Lipinski definition) is 8. The van der Waals surface area contributed by atoms with Crippen LogP contribution in [0.5, 0.6) is 23.0 Å². The minimum atomic E-state index is -1.16. The molecule has 0 spiro atoms. The van der Waals surface area contributed by atoms with E-state index in [1.165, 1.54) is 0 Å². The quantitative estimate of drug-likeness (QED) is 0.176. The maximum absolute atomic E-state index is 11.7. The third-order valence-electron chi connectivity index (χ3n) is 7.89. The molecule has 0 saturated heterocycles. The maximum Gasteiger partial charge on any atom is 2.00 e. The fourth-order valence-corrected chi connectivity index (χ4v) is 5.75. The van der Waals surface area contributed by atoms with Gasteiger partial charge in [0, 0.05) is 35.1 Å². The van der Waals surface area contributed by atoms with Gasteiger partial charge in [0.1, 0.15) is 23.0 Å². The fourth-order valence-electron chi connectivity index (χ4n) is 5.75. The van der Waals surface area contributed by atoms with Crippen LogP contribution in [-0.4, -0.2) is 37.4 Å². The molecule has 0 radical (unpaired) electrons. The van der Waals surface area contributed by atoms with Crippen LogP contribution in [0.4, 0.5) is 0 Å². The first-order chi connectivity index (χ1) is 22.1. The molecule has 248 valence electrons. The molecule has 8 nitrogen and oxygen atoms in total. The molecule has 4 aromatic rings. The molecule has 4 aromatic carbocycles. The number of carbonyl (C=O) groups excluding carboxylic acids is 2. The first-order valence-electron chi connectivity index (χ1n) is 15.6. The first kappa shape index (κ1) is 35.7. The predicted molar refractivity (Wildman–Crippen MR) is 170 cm³/mol. The van der Waals surface area contributed by atoms with Crippen LogP contribution in [0, 0.1) is 0 Å². The maximum atomic E-state index is 11.7. The van der Waals surface area contributed by atoms with Gasteiger partial charge >= 0.3 is 16.5 Å². The summed E-state index contributed by atoms with van der Waals surface area (Å²) in [6, 6.07) is 22.6. The molecule has 0 atom stereocenters. The third kappa shape index (κ3) is 8.60. The molecule has 0 aliphatic carbocycles. The van der Waals surface area contributed by atoms with Gasteiger partial charge in [0.25, 0.3) is 0 Å². The van der Waals surface area contributed by atoms with Gasteiger partial charge in [-0.1, -0.05) is 48.5 Å².